The lowest BCUT2D eigenvalue weighted by Crippen LogP contribution is -2.29. The summed E-state index contributed by atoms with van der Waals surface area (Å²) < 4.78 is 15.4. The minimum atomic E-state index is -0.520. The Hall–Kier alpha value is -2.54. The van der Waals surface area contributed by atoms with E-state index in [0.29, 0.717) is 11.6 Å². The Bertz CT molecular complexity index is 898. The first-order chi connectivity index (χ1) is 10.7. The van der Waals surface area contributed by atoms with E-state index in [1.807, 2.05) is 0 Å². The van der Waals surface area contributed by atoms with Gasteiger partial charge in [0.15, 0.2) is 5.82 Å². The second-order valence-electron chi connectivity index (χ2n) is 5.54. The molecule has 1 unspecified atom stereocenters. The molecule has 4 rings (SSSR count). The molecule has 6 nitrogen and oxygen atoms in total. The van der Waals surface area contributed by atoms with Crippen molar-refractivity contribution in [1.29, 1.82) is 0 Å². The van der Waals surface area contributed by atoms with Crippen LogP contribution in [0.15, 0.2) is 35.3 Å². The van der Waals surface area contributed by atoms with Crippen LogP contribution in [-0.4, -0.2) is 19.7 Å². The molecule has 0 bridgehead atoms. The monoisotopic (exact) mass is 299 g/mol. The molecule has 1 atom stereocenters. The molecule has 0 amide bonds. The number of rotatable bonds is 3. The van der Waals surface area contributed by atoms with Crippen molar-refractivity contribution in [2.75, 3.05) is 0 Å². The summed E-state index contributed by atoms with van der Waals surface area (Å²) in [6.45, 7) is 0. The summed E-state index contributed by atoms with van der Waals surface area (Å²) in [7, 11) is 0. The van der Waals surface area contributed by atoms with Gasteiger partial charge in [-0.15, -0.1) is 0 Å². The molecular formula is C15H14FN5O. The van der Waals surface area contributed by atoms with Crippen molar-refractivity contribution in [1.82, 2.24) is 19.7 Å². The molecule has 0 spiro atoms. The summed E-state index contributed by atoms with van der Waals surface area (Å²) in [6, 6.07) is 5.60. The smallest absolute Gasteiger partial charge is 0.267 e. The normalized spacial score (nSPS) is 16.1. The van der Waals surface area contributed by atoms with Gasteiger partial charge in [0.1, 0.15) is 17.2 Å². The van der Waals surface area contributed by atoms with Gasteiger partial charge in [-0.05, 0) is 30.9 Å². The molecule has 2 heterocycles. The maximum Gasteiger partial charge on any atom is 0.267 e. The number of fused-ring (bicyclic) bond motifs is 1. The van der Waals surface area contributed by atoms with E-state index in [2.05, 4.69) is 15.2 Å². The molecule has 1 aliphatic carbocycles. The lowest BCUT2D eigenvalue weighted by atomic mass is 10.1. The van der Waals surface area contributed by atoms with Crippen molar-refractivity contribution < 1.29 is 4.39 Å². The van der Waals surface area contributed by atoms with Crippen LogP contribution in [0.1, 0.15) is 24.7 Å². The third-order valence-electron chi connectivity index (χ3n) is 4.02. The second kappa shape index (κ2) is 4.74. The average molecular weight is 299 g/mol. The first kappa shape index (κ1) is 13.1. The molecule has 0 aliphatic heterocycles. The first-order valence-corrected chi connectivity index (χ1v) is 7.13. The summed E-state index contributed by atoms with van der Waals surface area (Å²) in [6.07, 6.45) is 3.60. The van der Waals surface area contributed by atoms with Gasteiger partial charge in [0.05, 0.1) is 11.4 Å². The molecule has 112 valence electrons. The number of para-hydroxylation sites is 1. The molecular weight excluding hydrogens is 285 g/mol. The highest BCUT2D eigenvalue weighted by Crippen LogP contribution is 2.39. The van der Waals surface area contributed by atoms with Crippen molar-refractivity contribution in [2.24, 2.45) is 11.7 Å². The van der Waals surface area contributed by atoms with E-state index in [0.717, 1.165) is 12.8 Å². The van der Waals surface area contributed by atoms with Gasteiger partial charge in [-0.2, -0.15) is 5.10 Å². The topological polar surface area (TPSA) is 89.6 Å². The van der Waals surface area contributed by atoms with Gasteiger partial charge >= 0.3 is 0 Å². The number of nitrogens with two attached hydrogens (primary N) is 1. The number of hydrogen-bond acceptors (Lipinski definition) is 4. The number of halogens is 1. The van der Waals surface area contributed by atoms with Gasteiger partial charge < -0.3 is 5.73 Å². The quantitative estimate of drug-likeness (QED) is 0.769. The number of hydrogen-bond donors (Lipinski definition) is 2. The van der Waals surface area contributed by atoms with Crippen molar-refractivity contribution >= 4 is 10.9 Å². The molecule has 7 heteroatoms. The van der Waals surface area contributed by atoms with E-state index in [1.54, 1.807) is 18.3 Å². The van der Waals surface area contributed by atoms with Gasteiger partial charge in [-0.3, -0.25) is 9.89 Å². The van der Waals surface area contributed by atoms with Crippen LogP contribution < -0.4 is 11.3 Å². The van der Waals surface area contributed by atoms with Crippen molar-refractivity contribution in [2.45, 2.75) is 18.9 Å². The molecule has 3 N–H and O–H groups in total. The van der Waals surface area contributed by atoms with Crippen molar-refractivity contribution in [3.63, 3.8) is 0 Å². The standard InChI is InChI=1S/C15H14FN5O/c16-10-3-1-2-9-13(10)19-14(12(17)8-4-5-8)21(15(9)22)11-6-7-18-20-11/h1-3,6-8,12H,4-5,17H2,(H,18,20). The predicted octanol–water partition coefficient (Wildman–Crippen LogP) is 1.66. The lowest BCUT2D eigenvalue weighted by molar-refractivity contribution is 0.567. The number of nitrogens with zero attached hydrogens (tertiary/aromatic N) is 3. The number of nitrogens with one attached hydrogen (secondary N) is 1. The summed E-state index contributed by atoms with van der Waals surface area (Å²) in [5.41, 5.74) is 5.94. The zero-order valence-electron chi connectivity index (χ0n) is 11.7. The van der Waals surface area contributed by atoms with Crippen LogP contribution >= 0.6 is 0 Å². The zero-order valence-corrected chi connectivity index (χ0v) is 11.7. The van der Waals surface area contributed by atoms with E-state index in [9.17, 15) is 9.18 Å². The second-order valence-corrected chi connectivity index (χ2v) is 5.54. The van der Waals surface area contributed by atoms with E-state index in [-0.39, 0.29) is 22.4 Å². The predicted molar refractivity (Wildman–Crippen MR) is 79.1 cm³/mol. The fraction of sp³-hybridized carbons (Fsp3) is 0.267. The van der Waals surface area contributed by atoms with Crippen LogP contribution in [0.3, 0.4) is 0 Å². The highest BCUT2D eigenvalue weighted by Gasteiger charge is 2.33. The Balaban J connectivity index is 2.08. The van der Waals surface area contributed by atoms with Crippen LogP contribution in [-0.2, 0) is 0 Å². The molecule has 1 aromatic carbocycles. The molecule has 1 fully saturated rings. The van der Waals surface area contributed by atoms with Crippen molar-refractivity contribution in [3.05, 3.63) is 52.5 Å². The van der Waals surface area contributed by atoms with Gasteiger partial charge in [-0.25, -0.2) is 13.9 Å². The highest BCUT2D eigenvalue weighted by atomic mass is 19.1. The molecule has 3 aromatic rings. The van der Waals surface area contributed by atoms with Crippen LogP contribution in [0.2, 0.25) is 0 Å². The molecule has 2 aromatic heterocycles. The van der Waals surface area contributed by atoms with E-state index in [4.69, 9.17) is 5.73 Å². The van der Waals surface area contributed by atoms with Crippen LogP contribution in [0.5, 0.6) is 0 Å². The SMILES string of the molecule is NC(c1nc2c(F)cccc2c(=O)n1-c1cc[nH]n1)C1CC1. The van der Waals surface area contributed by atoms with E-state index in [1.165, 1.54) is 16.7 Å². The molecule has 0 radical (unpaired) electrons. The fourth-order valence-electron chi connectivity index (χ4n) is 2.68. The minimum Gasteiger partial charge on any atom is -0.321 e. The van der Waals surface area contributed by atoms with Gasteiger partial charge in [0.25, 0.3) is 5.56 Å². The van der Waals surface area contributed by atoms with Gasteiger partial charge in [0, 0.05) is 12.3 Å². The Morgan fingerprint density at radius 3 is 2.86 bits per heavy atom. The van der Waals surface area contributed by atoms with Gasteiger partial charge in [-0.1, -0.05) is 6.07 Å². The number of benzene rings is 1. The van der Waals surface area contributed by atoms with Gasteiger partial charge in [0.2, 0.25) is 0 Å². The van der Waals surface area contributed by atoms with E-state index >= 15 is 0 Å². The van der Waals surface area contributed by atoms with Crippen LogP contribution in [0.4, 0.5) is 4.39 Å². The maximum absolute atomic E-state index is 14.0. The summed E-state index contributed by atoms with van der Waals surface area (Å²) >= 11 is 0. The summed E-state index contributed by atoms with van der Waals surface area (Å²) in [5, 5.41) is 6.94. The number of aromatic nitrogens is 4. The lowest BCUT2D eigenvalue weighted by Gasteiger charge is -2.16. The van der Waals surface area contributed by atoms with Crippen LogP contribution in [0, 0.1) is 11.7 Å². The third kappa shape index (κ3) is 1.93. The molecule has 0 saturated heterocycles. The largest absolute Gasteiger partial charge is 0.321 e. The Morgan fingerprint density at radius 1 is 1.36 bits per heavy atom. The van der Waals surface area contributed by atoms with Crippen molar-refractivity contribution in [3.8, 4) is 5.82 Å². The fourth-order valence-corrected chi connectivity index (χ4v) is 2.68. The molecule has 22 heavy (non-hydrogen) atoms. The van der Waals surface area contributed by atoms with Crippen LogP contribution in [0.25, 0.3) is 16.7 Å². The number of aromatic amines is 1. The first-order valence-electron chi connectivity index (χ1n) is 7.13. The summed E-state index contributed by atoms with van der Waals surface area (Å²) in [4.78, 5) is 17.2. The Morgan fingerprint density at radius 2 is 2.18 bits per heavy atom. The average Bonchev–Trinajstić information content (AvgIpc) is 3.23. The number of H-pyrrole nitrogens is 1. The summed E-state index contributed by atoms with van der Waals surface area (Å²) in [5.74, 6) is 0.529. The Kier molecular flexibility index (Phi) is 2.83. The minimum absolute atomic E-state index is 0.0605. The zero-order chi connectivity index (χ0) is 15.3. The molecule has 1 saturated carbocycles. The Labute approximate surface area is 124 Å². The third-order valence-corrected chi connectivity index (χ3v) is 4.02. The maximum atomic E-state index is 14.0. The molecule has 1 aliphatic rings. The van der Waals surface area contributed by atoms with E-state index < -0.39 is 11.9 Å². The highest BCUT2D eigenvalue weighted by molar-refractivity contribution is 5.78.